The Hall–Kier alpha value is -1.99. The van der Waals surface area contributed by atoms with Crippen LogP contribution in [0.15, 0.2) is 24.5 Å². The largest absolute Gasteiger partial charge is 0.337 e. The van der Waals surface area contributed by atoms with E-state index in [0.29, 0.717) is 16.3 Å². The number of hydrogen-bond donors (Lipinski definition) is 1. The third kappa shape index (κ3) is 2.74. The van der Waals surface area contributed by atoms with Gasteiger partial charge in [0.1, 0.15) is 6.33 Å². The van der Waals surface area contributed by atoms with Crippen LogP contribution in [0.2, 0.25) is 5.02 Å². The number of benzene rings is 1. The van der Waals surface area contributed by atoms with Crippen molar-refractivity contribution in [1.29, 1.82) is 0 Å². The second kappa shape index (κ2) is 5.79. The quantitative estimate of drug-likeness (QED) is 0.905. The van der Waals surface area contributed by atoms with Crippen LogP contribution in [0.25, 0.3) is 5.69 Å². The number of halogens is 1. The fourth-order valence-corrected chi connectivity index (χ4v) is 2.68. The van der Waals surface area contributed by atoms with E-state index in [-0.39, 0.29) is 11.9 Å². The van der Waals surface area contributed by atoms with Crippen molar-refractivity contribution in [3.8, 4) is 5.69 Å². The van der Waals surface area contributed by atoms with Crippen molar-refractivity contribution in [3.63, 3.8) is 0 Å². The van der Waals surface area contributed by atoms with Gasteiger partial charge in [0.25, 0.3) is 5.91 Å². The lowest BCUT2D eigenvalue weighted by molar-refractivity contribution is 0.0744. The van der Waals surface area contributed by atoms with Crippen molar-refractivity contribution in [2.45, 2.75) is 12.5 Å². The number of likely N-dealkylation sites (N-methyl/N-ethyl adjacent to an activating group) is 1. The molecule has 110 valence electrons. The Kier molecular flexibility index (Phi) is 3.85. The fraction of sp³-hybridized carbons (Fsp3) is 0.385. The summed E-state index contributed by atoms with van der Waals surface area (Å²) < 4.78 is 1.49. The number of rotatable bonds is 3. The van der Waals surface area contributed by atoms with Gasteiger partial charge in [-0.3, -0.25) is 4.79 Å². The summed E-state index contributed by atoms with van der Waals surface area (Å²) in [6.07, 6.45) is 2.44. The van der Waals surface area contributed by atoms with Crippen molar-refractivity contribution >= 4 is 17.5 Å². The summed E-state index contributed by atoms with van der Waals surface area (Å²) in [5.41, 5.74) is 1.20. The number of tetrazole rings is 1. The topological polar surface area (TPSA) is 75.9 Å². The summed E-state index contributed by atoms with van der Waals surface area (Å²) in [4.78, 5) is 14.3. The lowest BCUT2D eigenvalue weighted by Gasteiger charge is -2.24. The van der Waals surface area contributed by atoms with E-state index in [2.05, 4.69) is 20.8 Å². The molecule has 21 heavy (non-hydrogen) atoms. The smallest absolute Gasteiger partial charge is 0.255 e. The zero-order valence-corrected chi connectivity index (χ0v) is 12.3. The molecule has 1 fully saturated rings. The minimum Gasteiger partial charge on any atom is -0.337 e. The molecule has 0 bridgehead atoms. The normalized spacial score (nSPS) is 17.9. The third-order valence-electron chi connectivity index (χ3n) is 3.70. The van der Waals surface area contributed by atoms with Gasteiger partial charge in [-0.2, -0.15) is 0 Å². The van der Waals surface area contributed by atoms with Gasteiger partial charge in [-0.25, -0.2) is 4.68 Å². The molecule has 0 saturated carbocycles. The molecule has 0 unspecified atom stereocenters. The SMILES string of the molecule is CN(C(=O)c1ccc(-n2cnnn2)cc1Cl)[C@H]1CCNC1. The van der Waals surface area contributed by atoms with Crippen LogP contribution < -0.4 is 5.32 Å². The van der Waals surface area contributed by atoms with E-state index in [9.17, 15) is 4.79 Å². The van der Waals surface area contributed by atoms with Crippen LogP contribution in [0.1, 0.15) is 16.8 Å². The van der Waals surface area contributed by atoms with Crippen LogP contribution in [0.4, 0.5) is 0 Å². The van der Waals surface area contributed by atoms with E-state index in [1.54, 1.807) is 23.1 Å². The van der Waals surface area contributed by atoms with E-state index in [1.807, 2.05) is 7.05 Å². The number of carbonyl (C=O) groups excluding carboxylic acids is 1. The average Bonchev–Trinajstić information content (AvgIpc) is 3.18. The number of aromatic nitrogens is 4. The summed E-state index contributed by atoms with van der Waals surface area (Å²) >= 11 is 6.25. The lowest BCUT2D eigenvalue weighted by atomic mass is 10.1. The van der Waals surface area contributed by atoms with Crippen LogP contribution in [0.5, 0.6) is 0 Å². The molecule has 1 N–H and O–H groups in total. The lowest BCUT2D eigenvalue weighted by Crippen LogP contribution is -2.38. The maximum absolute atomic E-state index is 12.5. The molecular formula is C13H15ClN6O. The van der Waals surface area contributed by atoms with Crippen molar-refractivity contribution < 1.29 is 4.79 Å². The highest BCUT2D eigenvalue weighted by atomic mass is 35.5. The molecule has 0 radical (unpaired) electrons. The highest BCUT2D eigenvalue weighted by molar-refractivity contribution is 6.34. The fourth-order valence-electron chi connectivity index (χ4n) is 2.43. The Morgan fingerprint density at radius 3 is 3.00 bits per heavy atom. The van der Waals surface area contributed by atoms with Crippen LogP contribution in [0.3, 0.4) is 0 Å². The van der Waals surface area contributed by atoms with E-state index in [1.165, 1.54) is 11.0 Å². The molecule has 1 atom stereocenters. The summed E-state index contributed by atoms with van der Waals surface area (Å²) in [6, 6.07) is 5.38. The highest BCUT2D eigenvalue weighted by Crippen LogP contribution is 2.22. The molecule has 0 aliphatic carbocycles. The van der Waals surface area contributed by atoms with Gasteiger partial charge < -0.3 is 10.2 Å². The standard InChI is InChI=1S/C13H15ClN6O/c1-19(10-4-5-15-7-10)13(21)11-3-2-9(6-12(11)14)20-8-16-17-18-20/h2-3,6,8,10,15H,4-5,7H2,1H3/t10-/m0/s1. The molecule has 1 aliphatic heterocycles. The van der Waals surface area contributed by atoms with Gasteiger partial charge in [0, 0.05) is 19.6 Å². The molecule has 1 saturated heterocycles. The average molecular weight is 307 g/mol. The molecule has 0 spiro atoms. The summed E-state index contributed by atoms with van der Waals surface area (Å²) in [5.74, 6) is -0.0723. The summed E-state index contributed by atoms with van der Waals surface area (Å²) in [5, 5.41) is 14.6. The predicted molar refractivity (Wildman–Crippen MR) is 77.5 cm³/mol. The molecule has 8 heteroatoms. The van der Waals surface area contributed by atoms with Gasteiger partial charge in [0.05, 0.1) is 16.3 Å². The zero-order valence-electron chi connectivity index (χ0n) is 11.5. The maximum Gasteiger partial charge on any atom is 0.255 e. The number of hydrogen-bond acceptors (Lipinski definition) is 5. The third-order valence-corrected chi connectivity index (χ3v) is 4.01. The number of nitrogens with zero attached hydrogens (tertiary/aromatic N) is 5. The second-order valence-corrected chi connectivity index (χ2v) is 5.39. The van der Waals surface area contributed by atoms with Crippen molar-refractivity contribution in [2.24, 2.45) is 0 Å². The van der Waals surface area contributed by atoms with Gasteiger partial charge in [0.15, 0.2) is 0 Å². The molecule has 1 amide bonds. The first-order valence-electron chi connectivity index (χ1n) is 6.67. The Balaban J connectivity index is 1.83. The number of carbonyl (C=O) groups is 1. The molecule has 2 heterocycles. The predicted octanol–water partition coefficient (Wildman–Crippen LogP) is 0.750. The van der Waals surface area contributed by atoms with Crippen LogP contribution in [-0.2, 0) is 0 Å². The monoisotopic (exact) mass is 306 g/mol. The Morgan fingerprint density at radius 1 is 1.52 bits per heavy atom. The highest BCUT2D eigenvalue weighted by Gasteiger charge is 2.25. The Labute approximate surface area is 126 Å². The molecule has 3 rings (SSSR count). The minimum atomic E-state index is -0.0723. The first-order chi connectivity index (χ1) is 10.2. The van der Waals surface area contributed by atoms with Gasteiger partial charge >= 0.3 is 0 Å². The molecule has 1 aromatic heterocycles. The first-order valence-corrected chi connectivity index (χ1v) is 7.05. The molecule has 1 aromatic carbocycles. The summed E-state index contributed by atoms with van der Waals surface area (Å²) in [6.45, 7) is 1.76. The number of nitrogens with one attached hydrogen (secondary N) is 1. The van der Waals surface area contributed by atoms with Crippen molar-refractivity contribution in [3.05, 3.63) is 35.1 Å². The minimum absolute atomic E-state index is 0.0723. The summed E-state index contributed by atoms with van der Waals surface area (Å²) in [7, 11) is 1.81. The Bertz CT molecular complexity index is 638. The van der Waals surface area contributed by atoms with E-state index in [0.717, 1.165) is 19.5 Å². The second-order valence-electron chi connectivity index (χ2n) is 4.98. The van der Waals surface area contributed by atoms with E-state index in [4.69, 9.17) is 11.6 Å². The van der Waals surface area contributed by atoms with Gasteiger partial charge in [-0.15, -0.1) is 5.10 Å². The first kappa shape index (κ1) is 14.0. The van der Waals surface area contributed by atoms with E-state index < -0.39 is 0 Å². The zero-order chi connectivity index (χ0) is 14.8. The molecule has 7 nitrogen and oxygen atoms in total. The number of amides is 1. The molecule has 2 aromatic rings. The van der Waals surface area contributed by atoms with Crippen molar-refractivity contribution in [1.82, 2.24) is 30.4 Å². The van der Waals surface area contributed by atoms with Gasteiger partial charge in [0.2, 0.25) is 0 Å². The van der Waals surface area contributed by atoms with E-state index >= 15 is 0 Å². The van der Waals surface area contributed by atoms with Gasteiger partial charge in [-0.05, 0) is 41.6 Å². The molecular weight excluding hydrogens is 292 g/mol. The van der Waals surface area contributed by atoms with Crippen LogP contribution in [-0.4, -0.2) is 57.2 Å². The molecule has 1 aliphatic rings. The Morgan fingerprint density at radius 2 is 2.38 bits per heavy atom. The van der Waals surface area contributed by atoms with Crippen LogP contribution >= 0.6 is 11.6 Å². The van der Waals surface area contributed by atoms with Crippen LogP contribution in [0, 0.1) is 0 Å². The maximum atomic E-state index is 12.5. The van der Waals surface area contributed by atoms with Gasteiger partial charge in [-0.1, -0.05) is 11.6 Å². The van der Waals surface area contributed by atoms with Crippen molar-refractivity contribution in [2.75, 3.05) is 20.1 Å².